The number of rotatable bonds is 5. The Morgan fingerprint density at radius 1 is 1.67 bits per heavy atom. The molecule has 0 saturated carbocycles. The van der Waals surface area contributed by atoms with E-state index in [0.717, 1.165) is 6.42 Å². The van der Waals surface area contributed by atoms with E-state index in [-0.39, 0.29) is 11.3 Å². The maximum absolute atomic E-state index is 11.5. The molecule has 0 radical (unpaired) electrons. The molecule has 84 valence electrons. The summed E-state index contributed by atoms with van der Waals surface area (Å²) in [6.45, 7) is 4.72. The lowest BCUT2D eigenvalue weighted by Crippen LogP contribution is -2.34. The predicted octanol–water partition coefficient (Wildman–Crippen LogP) is 1.92. The van der Waals surface area contributed by atoms with Crippen LogP contribution in [0.4, 0.5) is 0 Å². The molecule has 1 N–H and O–H groups in total. The third-order valence-electron chi connectivity index (χ3n) is 2.09. The summed E-state index contributed by atoms with van der Waals surface area (Å²) in [5.74, 6) is 0.424. The summed E-state index contributed by atoms with van der Waals surface area (Å²) in [6, 6.07) is 0. The second-order valence-corrected chi connectivity index (χ2v) is 5.06. The van der Waals surface area contributed by atoms with Gasteiger partial charge in [0.1, 0.15) is 0 Å². The first-order valence-electron chi connectivity index (χ1n) is 4.66. The van der Waals surface area contributed by atoms with Crippen molar-refractivity contribution in [3.8, 4) is 0 Å². The van der Waals surface area contributed by atoms with Crippen LogP contribution in [0.3, 0.4) is 0 Å². The minimum Gasteiger partial charge on any atom is -0.350 e. The van der Waals surface area contributed by atoms with Crippen LogP contribution in [-0.4, -0.2) is 27.9 Å². The SMILES string of the molecule is CC(C)(CCCl)CNC(=O)c1csnn1. The van der Waals surface area contributed by atoms with Crippen LogP contribution in [0.25, 0.3) is 0 Å². The average Bonchev–Trinajstić information content (AvgIpc) is 2.67. The van der Waals surface area contributed by atoms with E-state index < -0.39 is 0 Å². The topological polar surface area (TPSA) is 54.9 Å². The molecule has 0 fully saturated rings. The van der Waals surface area contributed by atoms with E-state index in [1.807, 2.05) is 0 Å². The minimum absolute atomic E-state index is 0.0147. The third kappa shape index (κ3) is 4.13. The summed E-state index contributed by atoms with van der Waals surface area (Å²) >= 11 is 6.84. The number of amides is 1. The fourth-order valence-corrected chi connectivity index (χ4v) is 1.97. The van der Waals surface area contributed by atoms with Crippen molar-refractivity contribution < 1.29 is 4.79 Å². The van der Waals surface area contributed by atoms with Crippen LogP contribution in [0.1, 0.15) is 30.8 Å². The number of hydrogen-bond acceptors (Lipinski definition) is 4. The number of nitrogens with one attached hydrogen (secondary N) is 1. The van der Waals surface area contributed by atoms with E-state index in [1.54, 1.807) is 5.38 Å². The van der Waals surface area contributed by atoms with Crippen LogP contribution in [0.5, 0.6) is 0 Å². The summed E-state index contributed by atoms with van der Waals surface area (Å²) < 4.78 is 3.63. The van der Waals surface area contributed by atoms with Gasteiger partial charge in [-0.1, -0.05) is 18.3 Å². The maximum atomic E-state index is 11.5. The Balaban J connectivity index is 2.40. The van der Waals surface area contributed by atoms with Gasteiger partial charge in [-0.2, -0.15) is 0 Å². The number of halogens is 1. The van der Waals surface area contributed by atoms with Crippen LogP contribution in [0, 0.1) is 5.41 Å². The molecule has 1 rings (SSSR count). The molecule has 0 bridgehead atoms. The Bertz CT molecular complexity index is 313. The summed E-state index contributed by atoms with van der Waals surface area (Å²) in [4.78, 5) is 11.5. The quantitative estimate of drug-likeness (QED) is 0.809. The average molecular weight is 248 g/mol. The number of carbonyl (C=O) groups is 1. The molecule has 1 aromatic rings. The van der Waals surface area contributed by atoms with E-state index in [1.165, 1.54) is 11.5 Å². The lowest BCUT2D eigenvalue weighted by molar-refractivity contribution is 0.0931. The fraction of sp³-hybridized carbons (Fsp3) is 0.667. The summed E-state index contributed by atoms with van der Waals surface area (Å²) in [7, 11) is 0. The van der Waals surface area contributed by atoms with Crippen LogP contribution >= 0.6 is 23.1 Å². The van der Waals surface area contributed by atoms with Crippen LogP contribution in [0.15, 0.2) is 5.38 Å². The summed E-state index contributed by atoms with van der Waals surface area (Å²) in [5.41, 5.74) is 0.391. The number of alkyl halides is 1. The van der Waals surface area contributed by atoms with Gasteiger partial charge in [-0.05, 0) is 23.4 Å². The third-order valence-corrected chi connectivity index (χ3v) is 2.79. The number of hydrogen-bond donors (Lipinski definition) is 1. The molecule has 0 aliphatic rings. The van der Waals surface area contributed by atoms with Crippen molar-refractivity contribution in [1.29, 1.82) is 0 Å². The van der Waals surface area contributed by atoms with Crippen molar-refractivity contribution in [3.63, 3.8) is 0 Å². The fourth-order valence-electron chi connectivity index (χ4n) is 1.02. The van der Waals surface area contributed by atoms with Gasteiger partial charge in [0.15, 0.2) is 5.69 Å². The van der Waals surface area contributed by atoms with Crippen molar-refractivity contribution in [3.05, 3.63) is 11.1 Å². The summed E-state index contributed by atoms with van der Waals surface area (Å²) in [6.07, 6.45) is 0.865. The summed E-state index contributed by atoms with van der Waals surface area (Å²) in [5, 5.41) is 8.14. The van der Waals surface area contributed by atoms with Crippen molar-refractivity contribution in [2.45, 2.75) is 20.3 Å². The Kier molecular flexibility index (Phi) is 4.47. The standard InChI is InChI=1S/C9H14ClN3OS/c1-9(2,3-4-10)6-11-8(14)7-5-15-13-12-7/h5H,3-4,6H2,1-2H3,(H,11,14). The van der Waals surface area contributed by atoms with Crippen molar-refractivity contribution in [1.82, 2.24) is 14.9 Å². The highest BCUT2D eigenvalue weighted by Crippen LogP contribution is 2.19. The zero-order valence-electron chi connectivity index (χ0n) is 8.79. The highest BCUT2D eigenvalue weighted by molar-refractivity contribution is 7.03. The lowest BCUT2D eigenvalue weighted by atomic mass is 9.90. The molecule has 1 amide bonds. The molecule has 0 aromatic carbocycles. The van der Waals surface area contributed by atoms with Crippen LogP contribution in [-0.2, 0) is 0 Å². The molecule has 0 saturated heterocycles. The highest BCUT2D eigenvalue weighted by Gasteiger charge is 2.19. The van der Waals surface area contributed by atoms with Gasteiger partial charge in [0.05, 0.1) is 0 Å². The smallest absolute Gasteiger partial charge is 0.272 e. The van der Waals surface area contributed by atoms with Crippen molar-refractivity contribution >= 4 is 29.0 Å². The monoisotopic (exact) mass is 247 g/mol. The Morgan fingerprint density at radius 2 is 2.40 bits per heavy atom. The molecule has 1 aromatic heterocycles. The van der Waals surface area contributed by atoms with Gasteiger partial charge < -0.3 is 5.32 Å². The molecular formula is C9H14ClN3OS. The normalized spacial score (nSPS) is 11.4. The maximum Gasteiger partial charge on any atom is 0.272 e. The van der Waals surface area contributed by atoms with E-state index in [4.69, 9.17) is 11.6 Å². The predicted molar refractivity (Wildman–Crippen MR) is 61.4 cm³/mol. The number of aromatic nitrogens is 2. The van der Waals surface area contributed by atoms with Gasteiger partial charge in [0, 0.05) is 17.8 Å². The van der Waals surface area contributed by atoms with Gasteiger partial charge in [0.25, 0.3) is 5.91 Å². The first kappa shape index (κ1) is 12.4. The van der Waals surface area contributed by atoms with Gasteiger partial charge in [0.2, 0.25) is 0 Å². The van der Waals surface area contributed by atoms with E-state index in [0.29, 0.717) is 18.1 Å². The van der Waals surface area contributed by atoms with E-state index in [9.17, 15) is 4.79 Å². The molecule has 0 spiro atoms. The van der Waals surface area contributed by atoms with Crippen LogP contribution < -0.4 is 5.32 Å². The van der Waals surface area contributed by atoms with Crippen molar-refractivity contribution in [2.24, 2.45) is 5.41 Å². The van der Waals surface area contributed by atoms with Gasteiger partial charge >= 0.3 is 0 Å². The molecule has 0 aliphatic heterocycles. The zero-order chi connectivity index (χ0) is 11.3. The molecule has 0 atom stereocenters. The number of carbonyl (C=O) groups excluding carboxylic acids is 1. The Labute approximate surface area is 98.2 Å². The Morgan fingerprint density at radius 3 is 2.93 bits per heavy atom. The first-order valence-corrected chi connectivity index (χ1v) is 6.03. The number of nitrogens with zero attached hydrogens (tertiary/aromatic N) is 2. The van der Waals surface area contributed by atoms with E-state index in [2.05, 4.69) is 28.8 Å². The van der Waals surface area contributed by atoms with Gasteiger partial charge in [-0.25, -0.2) is 0 Å². The zero-order valence-corrected chi connectivity index (χ0v) is 10.4. The molecular weight excluding hydrogens is 234 g/mol. The largest absolute Gasteiger partial charge is 0.350 e. The highest BCUT2D eigenvalue weighted by atomic mass is 35.5. The van der Waals surface area contributed by atoms with Gasteiger partial charge in [-0.15, -0.1) is 16.7 Å². The Hall–Kier alpha value is -0.680. The second-order valence-electron chi connectivity index (χ2n) is 4.08. The minimum atomic E-state index is -0.175. The molecule has 4 nitrogen and oxygen atoms in total. The van der Waals surface area contributed by atoms with Crippen molar-refractivity contribution in [2.75, 3.05) is 12.4 Å². The first-order chi connectivity index (χ1) is 7.05. The molecule has 0 unspecified atom stereocenters. The van der Waals surface area contributed by atoms with Crippen LogP contribution in [0.2, 0.25) is 0 Å². The molecule has 6 heteroatoms. The molecule has 15 heavy (non-hydrogen) atoms. The molecule has 1 heterocycles. The second kappa shape index (κ2) is 5.42. The van der Waals surface area contributed by atoms with E-state index >= 15 is 0 Å². The van der Waals surface area contributed by atoms with Gasteiger partial charge in [-0.3, -0.25) is 4.79 Å². The molecule has 0 aliphatic carbocycles. The lowest BCUT2D eigenvalue weighted by Gasteiger charge is -2.23.